The van der Waals surface area contributed by atoms with E-state index >= 15 is 0 Å². The van der Waals surface area contributed by atoms with Crippen molar-refractivity contribution in [2.24, 2.45) is 13.0 Å². The fraction of sp³-hybridized carbons (Fsp3) is 0.444. The van der Waals surface area contributed by atoms with Crippen molar-refractivity contribution in [2.45, 2.75) is 25.8 Å². The van der Waals surface area contributed by atoms with Crippen LogP contribution in [0.5, 0.6) is 0 Å². The van der Waals surface area contributed by atoms with Gasteiger partial charge in [-0.1, -0.05) is 6.07 Å². The van der Waals surface area contributed by atoms with Crippen molar-refractivity contribution >= 4 is 0 Å². The smallest absolute Gasteiger partial charge is 0.140 e. The van der Waals surface area contributed by atoms with Gasteiger partial charge in [0.15, 0.2) is 0 Å². The predicted octanol–water partition coefficient (Wildman–Crippen LogP) is 2.89. The number of hydrogen-bond acceptors (Lipinski definition) is 3. The lowest BCUT2D eigenvalue weighted by atomic mass is 9.94. The van der Waals surface area contributed by atoms with E-state index in [2.05, 4.69) is 14.5 Å². The van der Waals surface area contributed by atoms with Crippen molar-refractivity contribution in [2.75, 3.05) is 13.1 Å². The minimum atomic E-state index is -0.442. The van der Waals surface area contributed by atoms with E-state index in [-0.39, 0.29) is 5.56 Å². The highest BCUT2D eigenvalue weighted by Gasteiger charge is 2.21. The molecule has 1 fully saturated rings. The van der Waals surface area contributed by atoms with Crippen LogP contribution in [0.3, 0.4) is 0 Å². The number of piperidine rings is 1. The molecule has 23 heavy (non-hydrogen) atoms. The normalized spacial score (nSPS) is 18.7. The van der Waals surface area contributed by atoms with Crippen molar-refractivity contribution in [1.82, 2.24) is 14.5 Å². The summed E-state index contributed by atoms with van der Waals surface area (Å²) in [6.07, 6.45) is 7.21. The number of hydrogen-bond donors (Lipinski definition) is 0. The summed E-state index contributed by atoms with van der Waals surface area (Å²) < 4.78 is 15.5. The number of aromatic nitrogens is 2. The van der Waals surface area contributed by atoms with Crippen LogP contribution >= 0.6 is 0 Å². The molecule has 0 bridgehead atoms. The van der Waals surface area contributed by atoms with E-state index in [1.54, 1.807) is 12.1 Å². The molecule has 0 unspecified atom stereocenters. The molecule has 0 spiro atoms. The van der Waals surface area contributed by atoms with E-state index in [0.717, 1.165) is 37.4 Å². The second-order valence-corrected chi connectivity index (χ2v) is 6.33. The molecule has 5 heteroatoms. The summed E-state index contributed by atoms with van der Waals surface area (Å²) in [7, 11) is 2.03. The van der Waals surface area contributed by atoms with E-state index in [9.17, 15) is 4.39 Å². The number of halogens is 1. The SMILES string of the molecule is Cn1ccnc1C[C@H]1CCCN(Cc2ccc(F)c(C#N)c2)C1. The lowest BCUT2D eigenvalue weighted by molar-refractivity contribution is 0.165. The monoisotopic (exact) mass is 312 g/mol. The molecule has 0 radical (unpaired) electrons. The van der Waals surface area contributed by atoms with Crippen molar-refractivity contribution in [3.63, 3.8) is 0 Å². The summed E-state index contributed by atoms with van der Waals surface area (Å²) in [5.41, 5.74) is 1.13. The molecule has 1 aromatic carbocycles. The van der Waals surface area contributed by atoms with Crippen LogP contribution in [0.4, 0.5) is 4.39 Å². The Labute approximate surface area is 136 Å². The lowest BCUT2D eigenvalue weighted by Crippen LogP contribution is -2.36. The van der Waals surface area contributed by atoms with E-state index in [0.29, 0.717) is 5.92 Å². The highest BCUT2D eigenvalue weighted by molar-refractivity contribution is 5.34. The van der Waals surface area contributed by atoms with Gasteiger partial charge >= 0.3 is 0 Å². The molecule has 0 aliphatic carbocycles. The van der Waals surface area contributed by atoms with Crippen LogP contribution in [0.1, 0.15) is 29.8 Å². The largest absolute Gasteiger partial charge is 0.338 e. The van der Waals surface area contributed by atoms with Gasteiger partial charge in [-0.05, 0) is 43.0 Å². The standard InChI is InChI=1S/C18H21FN4/c1-22-8-6-21-18(22)10-14-3-2-7-23(12-14)13-15-4-5-17(19)16(9-15)11-20/h4-6,8-9,14H,2-3,7,10,12-13H2,1H3/t14-/m1/s1. The first-order valence-electron chi connectivity index (χ1n) is 8.03. The highest BCUT2D eigenvalue weighted by atomic mass is 19.1. The van der Waals surface area contributed by atoms with Gasteiger partial charge in [-0.3, -0.25) is 4.90 Å². The third-order valence-corrected chi connectivity index (χ3v) is 4.55. The molecule has 2 aromatic rings. The van der Waals surface area contributed by atoms with E-state index in [4.69, 9.17) is 5.26 Å². The molecule has 1 aliphatic heterocycles. The van der Waals surface area contributed by atoms with E-state index in [1.165, 1.54) is 18.9 Å². The Bertz CT molecular complexity index is 716. The van der Waals surface area contributed by atoms with Gasteiger partial charge in [0.2, 0.25) is 0 Å². The van der Waals surface area contributed by atoms with E-state index in [1.807, 2.05) is 25.5 Å². The second-order valence-electron chi connectivity index (χ2n) is 6.33. The molecule has 0 saturated carbocycles. The van der Waals surface area contributed by atoms with Crippen LogP contribution in [-0.2, 0) is 20.0 Å². The summed E-state index contributed by atoms with van der Waals surface area (Å²) in [5.74, 6) is 1.29. The quantitative estimate of drug-likeness (QED) is 0.872. The zero-order valence-corrected chi connectivity index (χ0v) is 13.4. The van der Waals surface area contributed by atoms with Crippen LogP contribution in [0.2, 0.25) is 0 Å². The molecular formula is C18H21FN4. The van der Waals surface area contributed by atoms with Gasteiger partial charge in [0.1, 0.15) is 17.7 Å². The first-order valence-corrected chi connectivity index (χ1v) is 8.03. The fourth-order valence-electron chi connectivity index (χ4n) is 3.33. The Kier molecular flexibility index (Phi) is 4.73. The van der Waals surface area contributed by atoms with Crippen LogP contribution in [0.15, 0.2) is 30.6 Å². The average Bonchev–Trinajstić information content (AvgIpc) is 2.95. The molecule has 1 aliphatic rings. The van der Waals surface area contributed by atoms with Crippen LogP contribution in [-0.4, -0.2) is 27.5 Å². The molecule has 4 nitrogen and oxygen atoms in total. The minimum absolute atomic E-state index is 0.129. The van der Waals surface area contributed by atoms with Gasteiger partial charge in [0.05, 0.1) is 5.56 Å². The van der Waals surface area contributed by atoms with Crippen molar-refractivity contribution in [1.29, 1.82) is 5.26 Å². The highest BCUT2D eigenvalue weighted by Crippen LogP contribution is 2.22. The Hall–Kier alpha value is -2.19. The number of benzene rings is 1. The predicted molar refractivity (Wildman–Crippen MR) is 86.0 cm³/mol. The van der Waals surface area contributed by atoms with Gasteiger partial charge in [0, 0.05) is 39.0 Å². The average molecular weight is 312 g/mol. The number of nitrogens with zero attached hydrogens (tertiary/aromatic N) is 4. The second kappa shape index (κ2) is 6.93. The van der Waals surface area contributed by atoms with Crippen molar-refractivity contribution in [3.8, 4) is 6.07 Å². The molecule has 1 saturated heterocycles. The molecule has 0 amide bonds. The molecule has 1 atom stereocenters. The first-order chi connectivity index (χ1) is 11.2. The Morgan fingerprint density at radius 3 is 3.04 bits per heavy atom. The number of imidazole rings is 1. The molecule has 2 heterocycles. The zero-order valence-electron chi connectivity index (χ0n) is 13.4. The number of rotatable bonds is 4. The third-order valence-electron chi connectivity index (χ3n) is 4.55. The van der Waals surface area contributed by atoms with Crippen LogP contribution < -0.4 is 0 Å². The Morgan fingerprint density at radius 1 is 1.43 bits per heavy atom. The Morgan fingerprint density at radius 2 is 2.30 bits per heavy atom. The maximum absolute atomic E-state index is 13.4. The molecule has 120 valence electrons. The minimum Gasteiger partial charge on any atom is -0.338 e. The molecule has 3 rings (SSSR count). The van der Waals surface area contributed by atoms with Gasteiger partial charge in [0.25, 0.3) is 0 Å². The first kappa shape index (κ1) is 15.7. The van der Waals surface area contributed by atoms with Crippen LogP contribution in [0, 0.1) is 23.1 Å². The molecule has 0 N–H and O–H groups in total. The van der Waals surface area contributed by atoms with E-state index < -0.39 is 5.82 Å². The van der Waals surface area contributed by atoms with Crippen LogP contribution in [0.25, 0.3) is 0 Å². The van der Waals surface area contributed by atoms with Crippen molar-refractivity contribution < 1.29 is 4.39 Å². The number of likely N-dealkylation sites (tertiary alicyclic amines) is 1. The summed E-state index contributed by atoms with van der Waals surface area (Å²) in [5, 5.41) is 8.95. The molecular weight excluding hydrogens is 291 g/mol. The maximum atomic E-state index is 13.4. The van der Waals surface area contributed by atoms with Gasteiger partial charge in [-0.15, -0.1) is 0 Å². The lowest BCUT2D eigenvalue weighted by Gasteiger charge is -2.32. The summed E-state index contributed by atoms with van der Waals surface area (Å²) in [6, 6.07) is 6.75. The third kappa shape index (κ3) is 3.77. The van der Waals surface area contributed by atoms with Gasteiger partial charge < -0.3 is 4.57 Å². The molecule has 1 aromatic heterocycles. The fourth-order valence-corrected chi connectivity index (χ4v) is 3.33. The number of aryl methyl sites for hydroxylation is 1. The van der Waals surface area contributed by atoms with Gasteiger partial charge in [-0.25, -0.2) is 9.37 Å². The van der Waals surface area contributed by atoms with Crippen molar-refractivity contribution in [3.05, 3.63) is 53.4 Å². The zero-order chi connectivity index (χ0) is 16.2. The topological polar surface area (TPSA) is 44.9 Å². The Balaban J connectivity index is 1.63. The summed E-state index contributed by atoms with van der Waals surface area (Å²) >= 11 is 0. The summed E-state index contributed by atoms with van der Waals surface area (Å²) in [6.45, 7) is 2.84. The summed E-state index contributed by atoms with van der Waals surface area (Å²) in [4.78, 5) is 6.81. The number of nitriles is 1. The maximum Gasteiger partial charge on any atom is 0.140 e. The van der Waals surface area contributed by atoms with Gasteiger partial charge in [-0.2, -0.15) is 5.26 Å².